The van der Waals surface area contributed by atoms with E-state index in [2.05, 4.69) is 46.2 Å². The van der Waals surface area contributed by atoms with Crippen LogP contribution in [0.25, 0.3) is 0 Å². The molecule has 0 aromatic carbocycles. The third kappa shape index (κ3) is 8.71. The zero-order valence-corrected chi connectivity index (χ0v) is 18.7. The van der Waals surface area contributed by atoms with Crippen molar-refractivity contribution in [3.63, 3.8) is 0 Å². The second-order valence-corrected chi connectivity index (χ2v) is 17.8. The molecule has 0 aromatic rings. The maximum absolute atomic E-state index is 9.45. The van der Waals surface area contributed by atoms with Crippen LogP contribution in [0.1, 0.15) is 20.3 Å². The van der Waals surface area contributed by atoms with Gasteiger partial charge in [-0.05, 0) is 52.6 Å². The van der Waals surface area contributed by atoms with Crippen LogP contribution in [0.5, 0.6) is 0 Å². The molecule has 0 spiro atoms. The smallest absolute Gasteiger partial charge is 0.187 e. The predicted molar refractivity (Wildman–Crippen MR) is 93.2 cm³/mol. The Balaban J connectivity index is 5.14. The quantitative estimate of drug-likeness (QED) is 0.515. The maximum Gasteiger partial charge on any atom is 0.187 e. The van der Waals surface area contributed by atoms with E-state index in [0.717, 1.165) is 16.7 Å². The zero-order chi connectivity index (χ0) is 16.2. The van der Waals surface area contributed by atoms with E-state index in [-0.39, 0.29) is 6.10 Å². The minimum atomic E-state index is -1.74. The monoisotopic (exact) mass is 338 g/mol. The minimum absolute atomic E-state index is 0.109. The Kier molecular flexibility index (Phi) is 7.85. The van der Waals surface area contributed by atoms with Gasteiger partial charge in [-0.1, -0.05) is 6.92 Å². The second-order valence-electron chi connectivity index (χ2n) is 7.52. The van der Waals surface area contributed by atoms with Crippen LogP contribution < -0.4 is 0 Å². The summed E-state index contributed by atoms with van der Waals surface area (Å²) >= 11 is 0. The largest absolute Gasteiger partial charge is 0.393 e. The van der Waals surface area contributed by atoms with Crippen LogP contribution >= 0.6 is 0 Å². The summed E-state index contributed by atoms with van der Waals surface area (Å²) in [6.07, 6.45) is 0.251. The van der Waals surface area contributed by atoms with Gasteiger partial charge in [0, 0.05) is 0 Å². The van der Waals surface area contributed by atoms with Crippen LogP contribution in [0.2, 0.25) is 39.3 Å². The number of ether oxygens (including phenoxy) is 1. The van der Waals surface area contributed by atoms with Gasteiger partial charge in [0.25, 0.3) is 0 Å². The number of hydrogen-bond acceptors (Lipinski definition) is 4. The van der Waals surface area contributed by atoms with Gasteiger partial charge < -0.3 is 18.7 Å². The standard InChI is InChI=1S/C13H34O4Si3/c1-9-12(15-10-11(2)14)13(18,16-19(3,4)5)17-20(6,7)8/h11-12,14H,9-10H2,1-8,18H3. The van der Waals surface area contributed by atoms with Crippen LogP contribution in [0.3, 0.4) is 0 Å². The molecule has 0 aliphatic rings. The van der Waals surface area contributed by atoms with Gasteiger partial charge in [-0.3, -0.25) is 0 Å². The number of aliphatic hydroxyl groups excluding tert-OH is 1. The summed E-state index contributed by atoms with van der Waals surface area (Å²) in [5.41, 5.74) is -0.599. The maximum atomic E-state index is 9.45. The Bertz CT molecular complexity index is 268. The van der Waals surface area contributed by atoms with Gasteiger partial charge in [0.05, 0.1) is 23.0 Å². The molecule has 4 nitrogen and oxygen atoms in total. The van der Waals surface area contributed by atoms with Crippen LogP contribution in [-0.4, -0.2) is 56.2 Å². The molecular weight excluding hydrogens is 304 g/mol. The molecule has 0 radical (unpaired) electrons. The first-order valence-electron chi connectivity index (χ1n) is 7.49. The van der Waals surface area contributed by atoms with Crippen molar-refractivity contribution in [2.75, 3.05) is 6.61 Å². The van der Waals surface area contributed by atoms with Crippen molar-refractivity contribution in [2.24, 2.45) is 0 Å². The molecule has 0 saturated heterocycles. The van der Waals surface area contributed by atoms with E-state index >= 15 is 0 Å². The molecular formula is C13H34O4Si3. The molecule has 0 saturated carbocycles. The predicted octanol–water partition coefficient (Wildman–Crippen LogP) is 1.88. The topological polar surface area (TPSA) is 47.9 Å². The molecule has 20 heavy (non-hydrogen) atoms. The van der Waals surface area contributed by atoms with Crippen molar-refractivity contribution in [3.05, 3.63) is 0 Å². The normalized spacial score (nSPS) is 17.2. The van der Waals surface area contributed by atoms with E-state index in [4.69, 9.17) is 13.6 Å². The van der Waals surface area contributed by atoms with Gasteiger partial charge in [0.15, 0.2) is 16.6 Å². The highest BCUT2D eigenvalue weighted by molar-refractivity contribution is 6.71. The Labute approximate surface area is 129 Å². The molecule has 0 aromatic heterocycles. The van der Waals surface area contributed by atoms with Crippen molar-refractivity contribution < 1.29 is 18.7 Å². The van der Waals surface area contributed by atoms with Crippen molar-refractivity contribution >= 4 is 26.9 Å². The summed E-state index contributed by atoms with van der Waals surface area (Å²) in [7, 11) is -2.73. The fourth-order valence-electron chi connectivity index (χ4n) is 2.26. The van der Waals surface area contributed by atoms with Crippen molar-refractivity contribution in [3.8, 4) is 0 Å². The fourth-order valence-corrected chi connectivity index (χ4v) is 9.37. The highest BCUT2D eigenvalue weighted by Gasteiger charge is 2.42. The Morgan fingerprint density at radius 3 is 1.70 bits per heavy atom. The first-order chi connectivity index (χ1) is 8.79. The third-order valence-electron chi connectivity index (χ3n) is 2.51. The second kappa shape index (κ2) is 7.66. The average molecular weight is 339 g/mol. The van der Waals surface area contributed by atoms with E-state index in [0.29, 0.717) is 6.61 Å². The molecule has 7 heteroatoms. The Morgan fingerprint density at radius 2 is 1.45 bits per heavy atom. The first-order valence-corrected chi connectivity index (χ1v) is 15.3. The van der Waals surface area contributed by atoms with Crippen molar-refractivity contribution in [1.82, 2.24) is 0 Å². The summed E-state index contributed by atoms with van der Waals surface area (Å²) in [6.45, 7) is 17.2. The van der Waals surface area contributed by atoms with Crippen LogP contribution in [-0.2, 0) is 13.6 Å². The summed E-state index contributed by atoms with van der Waals surface area (Å²) < 4.78 is 18.7. The molecule has 2 unspecified atom stereocenters. The SMILES string of the molecule is CCC(OCC(C)O)C([SiH3])(O[Si](C)(C)C)O[Si](C)(C)C. The van der Waals surface area contributed by atoms with E-state index in [1.54, 1.807) is 6.92 Å². The number of rotatable bonds is 9. The van der Waals surface area contributed by atoms with E-state index in [9.17, 15) is 5.11 Å². The van der Waals surface area contributed by atoms with Gasteiger partial charge in [-0.2, -0.15) is 0 Å². The fraction of sp³-hybridized carbons (Fsp3) is 1.00. The summed E-state index contributed by atoms with van der Waals surface area (Å²) in [6, 6.07) is 0. The lowest BCUT2D eigenvalue weighted by Gasteiger charge is -2.45. The number of hydrogen-bond donors (Lipinski definition) is 1. The molecule has 0 rings (SSSR count). The molecule has 122 valence electrons. The third-order valence-corrected chi connectivity index (χ3v) is 6.42. The Hall–Kier alpha value is 0.491. The average Bonchev–Trinajstić information content (AvgIpc) is 2.10. The summed E-state index contributed by atoms with van der Waals surface area (Å²) in [4.78, 5) is 0. The van der Waals surface area contributed by atoms with E-state index in [1.165, 1.54) is 0 Å². The van der Waals surface area contributed by atoms with E-state index in [1.807, 2.05) is 0 Å². The molecule has 0 aliphatic heterocycles. The van der Waals surface area contributed by atoms with E-state index < -0.39 is 28.1 Å². The van der Waals surface area contributed by atoms with Gasteiger partial charge in [0.1, 0.15) is 11.5 Å². The zero-order valence-electron chi connectivity index (χ0n) is 14.7. The molecule has 1 N–H and O–H groups in total. The molecule has 0 heterocycles. The lowest BCUT2D eigenvalue weighted by molar-refractivity contribution is -0.165. The summed E-state index contributed by atoms with van der Waals surface area (Å²) in [5, 5.41) is 9.45. The molecule has 0 bridgehead atoms. The summed E-state index contributed by atoms with van der Waals surface area (Å²) in [5.74, 6) is 0. The first kappa shape index (κ1) is 20.5. The van der Waals surface area contributed by atoms with Gasteiger partial charge >= 0.3 is 0 Å². The van der Waals surface area contributed by atoms with Gasteiger partial charge in [-0.15, -0.1) is 0 Å². The van der Waals surface area contributed by atoms with Gasteiger partial charge in [-0.25, -0.2) is 0 Å². The Morgan fingerprint density at radius 1 is 1.05 bits per heavy atom. The number of aliphatic hydroxyl groups is 1. The highest BCUT2D eigenvalue weighted by Crippen LogP contribution is 2.28. The lowest BCUT2D eigenvalue weighted by atomic mass is 10.2. The molecule has 0 fully saturated rings. The molecule has 0 aliphatic carbocycles. The van der Waals surface area contributed by atoms with Crippen LogP contribution in [0, 0.1) is 0 Å². The van der Waals surface area contributed by atoms with Crippen molar-refractivity contribution in [2.45, 2.75) is 77.2 Å². The lowest BCUT2D eigenvalue weighted by Crippen LogP contribution is -2.58. The van der Waals surface area contributed by atoms with Crippen LogP contribution in [0.15, 0.2) is 0 Å². The highest BCUT2D eigenvalue weighted by atomic mass is 28.4. The molecule has 0 amide bonds. The minimum Gasteiger partial charge on any atom is -0.393 e. The van der Waals surface area contributed by atoms with Gasteiger partial charge in [0.2, 0.25) is 0 Å². The molecule has 2 atom stereocenters. The van der Waals surface area contributed by atoms with Crippen molar-refractivity contribution in [1.29, 1.82) is 0 Å². The van der Waals surface area contributed by atoms with Crippen LogP contribution in [0.4, 0.5) is 0 Å².